The van der Waals surface area contributed by atoms with Gasteiger partial charge in [-0.3, -0.25) is 4.79 Å². The summed E-state index contributed by atoms with van der Waals surface area (Å²) in [5, 5.41) is 10.9. The average Bonchev–Trinajstić information content (AvgIpc) is 2.98. The highest BCUT2D eigenvalue weighted by atomic mass is 16.4. The topological polar surface area (TPSA) is 66.4 Å². The van der Waals surface area contributed by atoms with E-state index in [0.29, 0.717) is 0 Å². The maximum atomic E-state index is 10.9. The summed E-state index contributed by atoms with van der Waals surface area (Å²) >= 11 is 0. The van der Waals surface area contributed by atoms with Crippen molar-refractivity contribution in [3.05, 3.63) is 35.9 Å². The van der Waals surface area contributed by atoms with E-state index in [1.54, 1.807) is 0 Å². The van der Waals surface area contributed by atoms with Gasteiger partial charge in [0.05, 0.1) is 0 Å². The molecule has 0 saturated heterocycles. The minimum Gasteiger partial charge on any atom is -0.474 e. The highest BCUT2D eigenvalue weighted by Gasteiger charge is 2.40. The smallest absolute Gasteiger partial charge is 0.394 e. The van der Waals surface area contributed by atoms with Crippen LogP contribution in [0, 0.1) is 0 Å². The molecule has 0 aliphatic heterocycles. The first-order chi connectivity index (χ1) is 7.18. The van der Waals surface area contributed by atoms with Crippen LogP contribution in [0.15, 0.2) is 30.3 Å². The van der Waals surface area contributed by atoms with Gasteiger partial charge in [0, 0.05) is 12.0 Å². The van der Waals surface area contributed by atoms with Crippen LogP contribution in [0.1, 0.15) is 17.9 Å². The Balaban J connectivity index is 1.92. The summed E-state index contributed by atoms with van der Waals surface area (Å²) in [5.41, 5.74) is 1.15. The van der Waals surface area contributed by atoms with E-state index in [1.807, 2.05) is 30.3 Å². The Morgan fingerprint density at radius 1 is 1.27 bits per heavy atom. The van der Waals surface area contributed by atoms with Gasteiger partial charge in [0.1, 0.15) is 0 Å². The first-order valence-corrected chi connectivity index (χ1v) is 4.77. The van der Waals surface area contributed by atoms with Crippen LogP contribution < -0.4 is 5.32 Å². The third-order valence-corrected chi connectivity index (χ3v) is 2.53. The molecule has 2 unspecified atom stereocenters. The Kier molecular flexibility index (Phi) is 2.41. The van der Waals surface area contributed by atoms with Crippen molar-refractivity contribution >= 4 is 11.9 Å². The van der Waals surface area contributed by atoms with Gasteiger partial charge in [-0.2, -0.15) is 0 Å². The van der Waals surface area contributed by atoms with E-state index in [0.717, 1.165) is 12.0 Å². The maximum Gasteiger partial charge on any atom is 0.394 e. The normalized spacial score (nSPS) is 23.2. The lowest BCUT2D eigenvalue weighted by Gasteiger charge is -2.00. The second kappa shape index (κ2) is 3.73. The lowest BCUT2D eigenvalue weighted by Crippen LogP contribution is -2.32. The lowest BCUT2D eigenvalue weighted by atomic mass is 10.1. The molecule has 1 fully saturated rings. The summed E-state index contributed by atoms with van der Waals surface area (Å²) in [4.78, 5) is 21.2. The van der Waals surface area contributed by atoms with Crippen molar-refractivity contribution in [2.75, 3.05) is 0 Å². The number of nitrogens with one attached hydrogen (secondary N) is 1. The molecule has 78 valence electrons. The minimum absolute atomic E-state index is 0.0176. The molecule has 1 aliphatic carbocycles. The van der Waals surface area contributed by atoms with Gasteiger partial charge in [-0.1, -0.05) is 30.3 Å². The number of carboxylic acid groups (broad SMARTS) is 1. The quantitative estimate of drug-likeness (QED) is 0.700. The van der Waals surface area contributed by atoms with Crippen LogP contribution in [0.25, 0.3) is 0 Å². The third-order valence-electron chi connectivity index (χ3n) is 2.53. The van der Waals surface area contributed by atoms with Gasteiger partial charge >= 0.3 is 11.9 Å². The summed E-state index contributed by atoms with van der Waals surface area (Å²) in [6.45, 7) is 0. The molecule has 4 nitrogen and oxygen atoms in total. The molecule has 1 amide bonds. The van der Waals surface area contributed by atoms with E-state index in [9.17, 15) is 9.59 Å². The van der Waals surface area contributed by atoms with Crippen molar-refractivity contribution in [2.45, 2.75) is 18.4 Å². The first-order valence-electron chi connectivity index (χ1n) is 4.77. The van der Waals surface area contributed by atoms with Crippen molar-refractivity contribution in [1.82, 2.24) is 5.32 Å². The molecule has 4 heteroatoms. The number of amides is 1. The molecular formula is C11H11NO3. The van der Waals surface area contributed by atoms with E-state index < -0.39 is 11.9 Å². The average molecular weight is 205 g/mol. The van der Waals surface area contributed by atoms with Gasteiger partial charge in [0.25, 0.3) is 0 Å². The second-order valence-electron chi connectivity index (χ2n) is 3.64. The molecule has 1 aliphatic rings. The van der Waals surface area contributed by atoms with Crippen LogP contribution >= 0.6 is 0 Å². The van der Waals surface area contributed by atoms with Crippen molar-refractivity contribution in [1.29, 1.82) is 0 Å². The van der Waals surface area contributed by atoms with Crippen LogP contribution in [0.3, 0.4) is 0 Å². The van der Waals surface area contributed by atoms with Gasteiger partial charge < -0.3 is 10.4 Å². The molecule has 1 aromatic carbocycles. The molecule has 2 N–H and O–H groups in total. The number of aliphatic carboxylic acids is 1. The summed E-state index contributed by atoms with van der Waals surface area (Å²) in [7, 11) is 0. The van der Waals surface area contributed by atoms with E-state index >= 15 is 0 Å². The maximum absolute atomic E-state index is 10.9. The van der Waals surface area contributed by atoms with Gasteiger partial charge in [-0.15, -0.1) is 0 Å². The number of carbonyl (C=O) groups excluding carboxylic acids is 1. The van der Waals surface area contributed by atoms with E-state index in [1.165, 1.54) is 0 Å². The molecule has 0 bridgehead atoms. The molecule has 0 radical (unpaired) electrons. The Morgan fingerprint density at radius 2 is 1.93 bits per heavy atom. The Bertz CT molecular complexity index is 388. The minimum atomic E-state index is -1.42. The number of rotatable bonds is 2. The molecule has 0 heterocycles. The summed E-state index contributed by atoms with van der Waals surface area (Å²) in [6, 6.07) is 9.75. The number of hydrogen-bond donors (Lipinski definition) is 2. The van der Waals surface area contributed by atoms with Crippen molar-refractivity contribution < 1.29 is 14.7 Å². The van der Waals surface area contributed by atoms with Gasteiger partial charge in [0.2, 0.25) is 0 Å². The van der Waals surface area contributed by atoms with Gasteiger partial charge in [0.15, 0.2) is 0 Å². The Labute approximate surface area is 86.9 Å². The molecule has 2 atom stereocenters. The van der Waals surface area contributed by atoms with Crippen LogP contribution in [0.5, 0.6) is 0 Å². The highest BCUT2D eigenvalue weighted by molar-refractivity contribution is 6.31. The molecule has 0 spiro atoms. The van der Waals surface area contributed by atoms with E-state index in [-0.39, 0.29) is 12.0 Å². The fourth-order valence-corrected chi connectivity index (χ4v) is 1.65. The van der Waals surface area contributed by atoms with Crippen LogP contribution in [-0.2, 0) is 9.59 Å². The predicted molar refractivity (Wildman–Crippen MR) is 53.4 cm³/mol. The second-order valence-corrected chi connectivity index (χ2v) is 3.64. The fraction of sp³-hybridized carbons (Fsp3) is 0.273. The standard InChI is InChI=1S/C11H11NO3/c13-10(11(14)15)12-9-6-8(9)7-4-2-1-3-5-7/h1-5,8-9H,6H2,(H,12,13)(H,14,15). The van der Waals surface area contributed by atoms with Gasteiger partial charge in [-0.25, -0.2) is 4.79 Å². The molecule has 2 rings (SSSR count). The summed E-state index contributed by atoms with van der Waals surface area (Å²) < 4.78 is 0. The first kappa shape index (κ1) is 9.71. The lowest BCUT2D eigenvalue weighted by molar-refractivity contribution is -0.150. The zero-order valence-corrected chi connectivity index (χ0v) is 8.01. The van der Waals surface area contributed by atoms with Crippen LogP contribution in [0.2, 0.25) is 0 Å². The largest absolute Gasteiger partial charge is 0.474 e. The van der Waals surface area contributed by atoms with Crippen LogP contribution in [-0.4, -0.2) is 23.0 Å². The monoisotopic (exact) mass is 205 g/mol. The number of carbonyl (C=O) groups is 2. The fourth-order valence-electron chi connectivity index (χ4n) is 1.65. The predicted octanol–water partition coefficient (Wildman–Crippen LogP) is 0.743. The summed E-state index contributed by atoms with van der Waals surface area (Å²) in [5.74, 6) is -2.07. The van der Waals surface area contributed by atoms with Gasteiger partial charge in [-0.05, 0) is 12.0 Å². The SMILES string of the molecule is O=C(O)C(=O)NC1CC1c1ccccc1. The Hall–Kier alpha value is -1.84. The van der Waals surface area contributed by atoms with E-state index in [2.05, 4.69) is 5.32 Å². The van der Waals surface area contributed by atoms with Crippen molar-refractivity contribution in [2.24, 2.45) is 0 Å². The molecule has 1 aromatic rings. The molecule has 1 saturated carbocycles. The number of hydrogen-bond acceptors (Lipinski definition) is 2. The third kappa shape index (κ3) is 2.15. The summed E-state index contributed by atoms with van der Waals surface area (Å²) in [6.07, 6.45) is 0.822. The molecule has 0 aromatic heterocycles. The van der Waals surface area contributed by atoms with Crippen molar-refractivity contribution in [3.8, 4) is 0 Å². The number of benzene rings is 1. The molecular weight excluding hydrogens is 194 g/mol. The highest BCUT2D eigenvalue weighted by Crippen LogP contribution is 2.40. The van der Waals surface area contributed by atoms with Crippen LogP contribution in [0.4, 0.5) is 0 Å². The van der Waals surface area contributed by atoms with Crippen molar-refractivity contribution in [3.63, 3.8) is 0 Å². The Morgan fingerprint density at radius 3 is 2.53 bits per heavy atom. The zero-order chi connectivity index (χ0) is 10.8. The van der Waals surface area contributed by atoms with E-state index in [4.69, 9.17) is 5.11 Å². The zero-order valence-electron chi connectivity index (χ0n) is 8.01. The number of carboxylic acids is 1. The molecule has 15 heavy (non-hydrogen) atoms.